The van der Waals surface area contributed by atoms with Gasteiger partial charge in [-0.1, -0.05) is 81.3 Å². The molecule has 208 valence electrons. The van der Waals surface area contributed by atoms with Gasteiger partial charge in [-0.3, -0.25) is 4.98 Å². The second-order valence-corrected chi connectivity index (χ2v) is 12.1. The Kier molecular flexibility index (Phi) is 6.57. The molecular formula is C38H31FIrN2+. The molecule has 6 aromatic rings. The molecule has 0 saturated carbocycles. The van der Waals surface area contributed by atoms with Gasteiger partial charge < -0.3 is 4.57 Å². The van der Waals surface area contributed by atoms with Crippen LogP contribution in [0.2, 0.25) is 0 Å². The largest absolute Gasteiger partial charge is 3.00 e. The molecule has 0 fully saturated rings. The molecule has 2 aromatic heterocycles. The normalized spacial score (nSPS) is 14.7. The minimum atomic E-state index is -0.400. The average molecular weight is 727 g/mol. The zero-order valence-electron chi connectivity index (χ0n) is 24.2. The maximum atomic E-state index is 14.6. The van der Waals surface area contributed by atoms with Gasteiger partial charge in [0.05, 0.1) is 6.20 Å². The van der Waals surface area contributed by atoms with E-state index >= 15 is 0 Å². The molecule has 2 aliphatic rings. The Morgan fingerprint density at radius 2 is 1.45 bits per heavy atom. The number of rotatable bonds is 0. The molecule has 4 heteroatoms. The summed E-state index contributed by atoms with van der Waals surface area (Å²) >= 11 is 0. The molecule has 4 aromatic carbocycles. The molecule has 0 radical (unpaired) electrons. The summed E-state index contributed by atoms with van der Waals surface area (Å²) in [5.74, 6) is -0.185. The van der Waals surface area contributed by atoms with Crippen LogP contribution in [0.5, 0.6) is 0 Å². The Morgan fingerprint density at radius 3 is 2.19 bits per heavy atom. The van der Waals surface area contributed by atoms with Crippen molar-refractivity contribution in [2.75, 3.05) is 0 Å². The molecule has 0 saturated heterocycles. The summed E-state index contributed by atoms with van der Waals surface area (Å²) in [6.07, 6.45) is 3.82. The van der Waals surface area contributed by atoms with Gasteiger partial charge in [-0.2, -0.15) is 18.6 Å². The third-order valence-corrected chi connectivity index (χ3v) is 9.06. The van der Waals surface area contributed by atoms with E-state index in [1.165, 1.54) is 39.2 Å². The molecule has 0 amide bonds. The molecule has 2 nitrogen and oxygen atoms in total. The van der Waals surface area contributed by atoms with Crippen LogP contribution in [0, 0.1) is 25.9 Å². The van der Waals surface area contributed by atoms with Crippen LogP contribution in [0.15, 0.2) is 91.3 Å². The number of fused-ring (bicyclic) bond motifs is 4. The molecule has 2 aliphatic carbocycles. The van der Waals surface area contributed by atoms with Crippen molar-refractivity contribution in [3.05, 3.63) is 145 Å². The molecule has 8 rings (SSSR count). The van der Waals surface area contributed by atoms with Gasteiger partial charge in [0.25, 0.3) is 0 Å². The van der Waals surface area contributed by atoms with Crippen molar-refractivity contribution in [1.29, 1.82) is 0 Å². The minimum absolute atomic E-state index is 0. The van der Waals surface area contributed by atoms with E-state index in [4.69, 9.17) is 0 Å². The predicted octanol–water partition coefficient (Wildman–Crippen LogP) is 8.73. The van der Waals surface area contributed by atoms with Crippen molar-refractivity contribution < 1.29 is 29.1 Å². The van der Waals surface area contributed by atoms with Gasteiger partial charge in [-0.15, -0.1) is 29.8 Å². The third-order valence-electron chi connectivity index (χ3n) is 9.06. The van der Waals surface area contributed by atoms with Gasteiger partial charge >= 0.3 is 20.1 Å². The predicted molar refractivity (Wildman–Crippen MR) is 165 cm³/mol. The van der Waals surface area contributed by atoms with Crippen LogP contribution in [0.4, 0.5) is 4.39 Å². The maximum absolute atomic E-state index is 14.6. The SMILES string of the molecule is [CH2-][n+]1ccc2cccc3c2c1-c1[c-]cccc1C3(C)C.[CH2-]c1ccc(F)c2c1-c1nccc3cccc(c13)C2(C)C.[Ir+3]. The van der Waals surface area contributed by atoms with Crippen molar-refractivity contribution in [3.8, 4) is 22.5 Å². The molecule has 0 aliphatic heterocycles. The molecule has 0 N–H and O–H groups in total. The van der Waals surface area contributed by atoms with Crippen LogP contribution in [-0.4, -0.2) is 4.98 Å². The number of benzene rings is 4. The Balaban J connectivity index is 0.000000147. The molecule has 42 heavy (non-hydrogen) atoms. The van der Waals surface area contributed by atoms with Gasteiger partial charge in [-0.25, -0.2) is 4.39 Å². The Morgan fingerprint density at radius 1 is 0.786 bits per heavy atom. The second-order valence-electron chi connectivity index (χ2n) is 12.1. The van der Waals surface area contributed by atoms with Crippen molar-refractivity contribution in [2.24, 2.45) is 0 Å². The summed E-state index contributed by atoms with van der Waals surface area (Å²) in [4.78, 5) is 4.54. The van der Waals surface area contributed by atoms with E-state index in [-0.39, 0.29) is 31.3 Å². The fourth-order valence-electron chi connectivity index (χ4n) is 7.03. The minimum Gasteiger partial charge on any atom is -0.320 e. The van der Waals surface area contributed by atoms with Crippen LogP contribution < -0.4 is 4.57 Å². The maximum Gasteiger partial charge on any atom is 3.00 e. The molecule has 0 unspecified atom stereocenters. The molecule has 0 atom stereocenters. The first-order chi connectivity index (χ1) is 19.6. The number of pyridine rings is 2. The van der Waals surface area contributed by atoms with Crippen LogP contribution >= 0.6 is 0 Å². The Bertz CT molecular complexity index is 2030. The summed E-state index contributed by atoms with van der Waals surface area (Å²) in [7, 11) is 4.16. The quantitative estimate of drug-likeness (QED) is 0.113. The van der Waals surface area contributed by atoms with Gasteiger partial charge in [0.15, 0.2) is 0 Å². The van der Waals surface area contributed by atoms with Gasteiger partial charge in [0.2, 0.25) is 0 Å². The van der Waals surface area contributed by atoms with Crippen LogP contribution in [-0.2, 0) is 30.9 Å². The number of aromatic nitrogens is 2. The fraction of sp³-hybridized carbons (Fsp3) is 0.158. The second kappa shape index (κ2) is 9.80. The van der Waals surface area contributed by atoms with E-state index in [2.05, 4.69) is 101 Å². The Hall–Kier alpha value is -3.98. The zero-order valence-corrected chi connectivity index (χ0v) is 26.6. The van der Waals surface area contributed by atoms with E-state index in [1.54, 1.807) is 12.3 Å². The molecule has 0 bridgehead atoms. The first kappa shape index (κ1) is 28.2. The van der Waals surface area contributed by atoms with E-state index in [0.717, 1.165) is 33.2 Å². The first-order valence-corrected chi connectivity index (χ1v) is 14.0. The number of nitrogens with zero attached hydrogens (tertiary/aromatic N) is 2. The van der Waals surface area contributed by atoms with E-state index in [9.17, 15) is 4.39 Å². The average Bonchev–Trinajstić information content (AvgIpc) is 2.96. The summed E-state index contributed by atoms with van der Waals surface area (Å²) in [6, 6.07) is 29.8. The fourth-order valence-corrected chi connectivity index (χ4v) is 7.03. The van der Waals surface area contributed by atoms with Crippen LogP contribution in [0.25, 0.3) is 44.1 Å². The van der Waals surface area contributed by atoms with Gasteiger partial charge in [0.1, 0.15) is 11.5 Å². The summed E-state index contributed by atoms with van der Waals surface area (Å²) in [5, 5.41) is 4.84. The molecular weight excluding hydrogens is 696 g/mol. The summed E-state index contributed by atoms with van der Waals surface area (Å²) in [5.41, 5.74) is 8.99. The smallest absolute Gasteiger partial charge is 0.320 e. The van der Waals surface area contributed by atoms with Crippen molar-refractivity contribution in [1.82, 2.24) is 4.98 Å². The standard InChI is InChI=1S/C19H15FN.C19H16N.Ir/c1-11-7-8-14(20)17-15(11)18-16-12(9-10-21-18)5-4-6-13(16)19(17,2)3;1-19(2)15-9-5-4-8-14(15)18-17-13(11-12-20(18)3)7-6-10-16(17)19;/h4-10H,1H2,2-3H3;4-7,9-12H,3H2,1-2H3;/q2*-1;+3. The first-order valence-electron chi connectivity index (χ1n) is 14.0. The molecule has 2 heterocycles. The zero-order chi connectivity index (χ0) is 28.7. The number of hydrogen-bond donors (Lipinski definition) is 0. The number of halogens is 1. The van der Waals surface area contributed by atoms with Crippen LogP contribution in [0.1, 0.15) is 55.5 Å². The summed E-state index contributed by atoms with van der Waals surface area (Å²) in [6.45, 7) is 12.8. The third kappa shape index (κ3) is 3.86. The summed E-state index contributed by atoms with van der Waals surface area (Å²) < 4.78 is 16.5. The van der Waals surface area contributed by atoms with E-state index in [0.29, 0.717) is 5.56 Å². The van der Waals surface area contributed by atoms with Gasteiger partial charge in [0, 0.05) is 29.7 Å². The van der Waals surface area contributed by atoms with Crippen molar-refractivity contribution in [3.63, 3.8) is 0 Å². The number of hydrogen-bond acceptors (Lipinski definition) is 1. The van der Waals surface area contributed by atoms with E-state index in [1.807, 2.05) is 29.0 Å². The van der Waals surface area contributed by atoms with E-state index < -0.39 is 5.41 Å². The topological polar surface area (TPSA) is 16.8 Å². The van der Waals surface area contributed by atoms with Crippen LogP contribution in [0.3, 0.4) is 0 Å². The van der Waals surface area contributed by atoms with Gasteiger partial charge in [-0.05, 0) is 50.4 Å². The molecule has 0 spiro atoms. The Labute approximate surface area is 260 Å². The van der Waals surface area contributed by atoms with Crippen molar-refractivity contribution >= 4 is 21.5 Å². The van der Waals surface area contributed by atoms with Crippen molar-refractivity contribution in [2.45, 2.75) is 38.5 Å². The monoisotopic (exact) mass is 727 g/mol.